The van der Waals surface area contributed by atoms with Crippen molar-refractivity contribution in [3.05, 3.63) is 27.3 Å². The van der Waals surface area contributed by atoms with Crippen molar-refractivity contribution >= 4 is 22.2 Å². The molecule has 11 nitrogen and oxygen atoms in total. The van der Waals surface area contributed by atoms with E-state index in [1.54, 1.807) is 0 Å². The predicted molar refractivity (Wildman–Crippen MR) is 170 cm³/mol. The maximum atomic E-state index is 11.1. The van der Waals surface area contributed by atoms with E-state index in [0.29, 0.717) is 59.1 Å². The lowest BCUT2D eigenvalue weighted by molar-refractivity contribution is 0.0277. The topological polar surface area (TPSA) is 147 Å². The van der Waals surface area contributed by atoms with E-state index in [0.717, 1.165) is 81.2 Å². The van der Waals surface area contributed by atoms with Gasteiger partial charge in [-0.3, -0.25) is 4.90 Å². The van der Waals surface area contributed by atoms with Crippen LogP contribution in [0.4, 0.5) is 10.8 Å². The lowest BCUT2D eigenvalue weighted by Gasteiger charge is -2.46. The number of fused-ring (bicyclic) bond motifs is 7. The first-order chi connectivity index (χ1) is 21.7. The second-order valence-electron chi connectivity index (χ2n) is 14.0. The molecule has 3 N–H and O–H groups in total. The normalized spacial score (nSPS) is 29.7. The number of piperidine rings is 1. The molecule has 3 aromatic heterocycles. The number of nitrogens with zero attached hydrogens (tertiary/aromatic N) is 6. The summed E-state index contributed by atoms with van der Waals surface area (Å²) in [4.78, 5) is 15.8. The van der Waals surface area contributed by atoms with Crippen LogP contribution in [0.25, 0.3) is 11.5 Å². The van der Waals surface area contributed by atoms with Crippen LogP contribution in [0.15, 0.2) is 4.52 Å². The fourth-order valence-corrected chi connectivity index (χ4v) is 9.90. The molecular formula is C33H41N7O4S. The van der Waals surface area contributed by atoms with Gasteiger partial charge in [0, 0.05) is 23.0 Å². The number of rotatable bonds is 4. The van der Waals surface area contributed by atoms with Crippen LogP contribution in [0.1, 0.15) is 92.5 Å². The molecule has 3 aliphatic heterocycles. The Kier molecular flexibility index (Phi) is 6.82. The van der Waals surface area contributed by atoms with E-state index in [4.69, 9.17) is 29.7 Å². The molecule has 0 amide bonds. The van der Waals surface area contributed by atoms with Crippen LogP contribution in [0, 0.1) is 11.3 Å². The summed E-state index contributed by atoms with van der Waals surface area (Å²) in [6, 6.07) is 2.79. The van der Waals surface area contributed by atoms with E-state index in [9.17, 15) is 10.4 Å². The number of hydrogen-bond acceptors (Lipinski definition) is 12. The van der Waals surface area contributed by atoms with Crippen molar-refractivity contribution < 1.29 is 19.1 Å². The van der Waals surface area contributed by atoms with Crippen molar-refractivity contribution in [2.75, 3.05) is 37.4 Å². The number of ether oxygens (including phenoxy) is 2. The first-order valence-electron chi connectivity index (χ1n) is 16.4. The quantitative estimate of drug-likeness (QED) is 0.417. The first kappa shape index (κ1) is 29.0. The highest BCUT2D eigenvalue weighted by Gasteiger charge is 2.49. The highest BCUT2D eigenvalue weighted by molar-refractivity contribution is 7.16. The van der Waals surface area contributed by atoms with Crippen molar-refractivity contribution in [3.63, 3.8) is 0 Å². The molecule has 6 heterocycles. The lowest BCUT2D eigenvalue weighted by atomic mass is 9.63. The van der Waals surface area contributed by atoms with Crippen LogP contribution >= 0.6 is 11.3 Å². The van der Waals surface area contributed by atoms with Gasteiger partial charge in [0.1, 0.15) is 23.8 Å². The van der Waals surface area contributed by atoms with E-state index in [-0.39, 0.29) is 18.2 Å². The molecule has 3 aromatic rings. The average Bonchev–Trinajstić information content (AvgIpc) is 3.74. The molecule has 2 aliphatic carbocycles. The van der Waals surface area contributed by atoms with Crippen LogP contribution in [-0.4, -0.2) is 75.7 Å². The number of hydrogen-bond donors (Lipinski definition) is 2. The van der Waals surface area contributed by atoms with Gasteiger partial charge in [-0.15, -0.1) is 11.3 Å². The van der Waals surface area contributed by atoms with E-state index in [2.05, 4.69) is 35.0 Å². The van der Waals surface area contributed by atoms with Crippen molar-refractivity contribution in [2.24, 2.45) is 0 Å². The monoisotopic (exact) mass is 631 g/mol. The minimum absolute atomic E-state index is 0.107. The van der Waals surface area contributed by atoms with Crippen molar-refractivity contribution in [2.45, 2.75) is 107 Å². The number of aliphatic hydroxyl groups is 1. The van der Waals surface area contributed by atoms with Gasteiger partial charge < -0.3 is 29.7 Å². The summed E-state index contributed by atoms with van der Waals surface area (Å²) in [6.45, 7) is 5.97. The molecule has 0 bridgehead atoms. The third-order valence-corrected chi connectivity index (χ3v) is 12.0. The lowest BCUT2D eigenvalue weighted by Crippen LogP contribution is -2.55. The summed E-state index contributed by atoms with van der Waals surface area (Å²) in [5.41, 5.74) is 8.34. The van der Waals surface area contributed by atoms with E-state index < -0.39 is 11.0 Å². The first-order valence-corrected chi connectivity index (χ1v) is 17.2. The molecule has 0 saturated carbocycles. The van der Waals surface area contributed by atoms with Crippen LogP contribution in [0.3, 0.4) is 0 Å². The Morgan fingerprint density at radius 3 is 2.78 bits per heavy atom. The fraction of sp³-hybridized carbons (Fsp3) is 0.636. The number of likely N-dealkylation sites (N-methyl/N-ethyl adjacent to an activating group) is 1. The molecular weight excluding hydrogens is 590 g/mol. The van der Waals surface area contributed by atoms with Gasteiger partial charge >= 0.3 is 0 Å². The molecule has 45 heavy (non-hydrogen) atoms. The van der Waals surface area contributed by atoms with Crippen molar-refractivity contribution in [1.82, 2.24) is 20.0 Å². The van der Waals surface area contributed by atoms with Crippen molar-refractivity contribution in [3.8, 4) is 29.2 Å². The Morgan fingerprint density at radius 2 is 2.00 bits per heavy atom. The number of likely N-dealkylation sites (tertiary alicyclic amines) is 1. The van der Waals surface area contributed by atoms with Crippen molar-refractivity contribution in [1.29, 1.82) is 5.26 Å². The summed E-state index contributed by atoms with van der Waals surface area (Å²) in [7, 11) is 2.14. The number of aromatic nitrogens is 3. The zero-order chi connectivity index (χ0) is 31.1. The minimum Gasteiger partial charge on any atom is -0.483 e. The van der Waals surface area contributed by atoms with Gasteiger partial charge in [-0.25, -0.2) is 4.98 Å². The van der Waals surface area contributed by atoms with Gasteiger partial charge in [-0.05, 0) is 97.2 Å². The SMILES string of the molecule is CC(Oc1nc(-c2noc3c2CCCC32CCCc3sc(N)c(C#N)c32)nc2c1OCC1CCC(C)(O)CN21)C1CCCN1C. The number of nitrogen functional groups attached to an aromatic ring is 1. The Hall–Kier alpha value is -3.40. The van der Waals surface area contributed by atoms with Gasteiger partial charge in [-0.1, -0.05) is 5.16 Å². The van der Waals surface area contributed by atoms with E-state index in [1.807, 2.05) is 6.92 Å². The third kappa shape index (κ3) is 4.53. The van der Waals surface area contributed by atoms with Gasteiger partial charge in [0.2, 0.25) is 5.75 Å². The van der Waals surface area contributed by atoms with E-state index in [1.165, 1.54) is 16.2 Å². The number of nitriles is 1. The number of nitrogens with two attached hydrogens (primary N) is 1. The molecule has 12 heteroatoms. The molecule has 0 radical (unpaired) electrons. The van der Waals surface area contributed by atoms with Crippen LogP contribution in [0.5, 0.6) is 11.6 Å². The van der Waals surface area contributed by atoms with Gasteiger partial charge in [-0.2, -0.15) is 10.2 Å². The number of anilines is 2. The molecule has 5 atom stereocenters. The number of aryl methyl sites for hydroxylation is 1. The van der Waals surface area contributed by atoms with Crippen LogP contribution in [-0.2, 0) is 18.3 Å². The summed E-state index contributed by atoms with van der Waals surface area (Å²) in [5.74, 6) is 2.83. The zero-order valence-corrected chi connectivity index (χ0v) is 27.1. The Morgan fingerprint density at radius 1 is 1.18 bits per heavy atom. The number of thiophene rings is 1. The largest absolute Gasteiger partial charge is 0.483 e. The Labute approximate surface area is 267 Å². The molecule has 5 unspecified atom stereocenters. The molecule has 1 spiro atoms. The molecule has 2 fully saturated rings. The molecule has 238 valence electrons. The fourth-order valence-electron chi connectivity index (χ4n) is 8.74. The smallest absolute Gasteiger partial charge is 0.263 e. The highest BCUT2D eigenvalue weighted by Crippen LogP contribution is 2.55. The summed E-state index contributed by atoms with van der Waals surface area (Å²) >= 11 is 1.54. The molecule has 0 aromatic carbocycles. The van der Waals surface area contributed by atoms with Gasteiger partial charge in [0.15, 0.2) is 23.1 Å². The summed E-state index contributed by atoms with van der Waals surface area (Å²) in [6.07, 6.45) is 9.01. The summed E-state index contributed by atoms with van der Waals surface area (Å²) < 4.78 is 19.3. The van der Waals surface area contributed by atoms with Crippen LogP contribution < -0.4 is 20.1 Å². The second-order valence-corrected chi connectivity index (χ2v) is 15.2. The maximum Gasteiger partial charge on any atom is 0.263 e. The minimum atomic E-state index is -0.837. The zero-order valence-electron chi connectivity index (χ0n) is 26.3. The molecule has 2 saturated heterocycles. The Balaban J connectivity index is 1.26. The highest BCUT2D eigenvalue weighted by atomic mass is 32.1. The van der Waals surface area contributed by atoms with Gasteiger partial charge in [0.05, 0.1) is 22.6 Å². The molecule has 5 aliphatic rings. The van der Waals surface area contributed by atoms with Crippen LogP contribution in [0.2, 0.25) is 0 Å². The van der Waals surface area contributed by atoms with E-state index >= 15 is 0 Å². The second kappa shape index (κ2) is 10.6. The van der Waals surface area contributed by atoms with Gasteiger partial charge in [0.25, 0.3) is 5.88 Å². The predicted octanol–water partition coefficient (Wildman–Crippen LogP) is 4.58. The maximum absolute atomic E-state index is 11.1. The molecule has 8 rings (SSSR count). The third-order valence-electron chi connectivity index (χ3n) is 11.0. The Bertz CT molecular complexity index is 1690. The standard InChI is InChI=1S/C33H41N7O4S/c1-18(22-8-6-14-39(22)3)43-31-26-30(40-17-32(2,41)13-10-19(40)16-42-26)36-29(37-31)25-20-7-4-11-33(27(20)44-38-25)12-5-9-23-24(33)21(15-34)28(35)45-23/h18-19,22,41H,4-14,16-17,35H2,1-3H3. The average molecular weight is 632 g/mol. The summed E-state index contributed by atoms with van der Waals surface area (Å²) in [5, 5.41) is 26.4.